The van der Waals surface area contributed by atoms with Gasteiger partial charge in [-0.2, -0.15) is 0 Å². The Morgan fingerprint density at radius 3 is 2.30 bits per heavy atom. The predicted octanol–water partition coefficient (Wildman–Crippen LogP) is -2.11. The highest BCUT2D eigenvalue weighted by Gasteiger charge is 2.07. The van der Waals surface area contributed by atoms with Gasteiger partial charge in [-0.15, -0.1) is 0 Å². The van der Waals surface area contributed by atoms with Crippen LogP contribution in [0.15, 0.2) is 0 Å². The van der Waals surface area contributed by atoms with Crippen molar-refractivity contribution in [3.8, 4) is 0 Å². The van der Waals surface area contributed by atoms with E-state index in [-0.39, 0.29) is 19.0 Å². The summed E-state index contributed by atoms with van der Waals surface area (Å²) in [4.78, 5) is 22.0. The molecule has 0 rings (SSSR count). The molecule has 2 amide bonds. The quantitative estimate of drug-likeness (QED) is 0.476. The Hall–Kier alpha value is -1.10. The fraction of sp³-hybridized carbons (Fsp3) is 0.600. The largest absolute Gasteiger partial charge is 0.368 e. The highest BCUT2D eigenvalue weighted by atomic mass is 16.2. The molecule has 0 aliphatic heterocycles. The van der Waals surface area contributed by atoms with Crippen molar-refractivity contribution < 1.29 is 9.59 Å². The Kier molecular flexibility index (Phi) is 3.42. The van der Waals surface area contributed by atoms with Crippen LogP contribution in [0.25, 0.3) is 0 Å². The zero-order chi connectivity index (χ0) is 8.15. The van der Waals surface area contributed by atoms with E-state index in [1.165, 1.54) is 11.9 Å². The van der Waals surface area contributed by atoms with Gasteiger partial charge in [-0.05, 0) is 0 Å². The fourth-order valence-electron chi connectivity index (χ4n) is 0.478. The average molecular weight is 145 g/mol. The van der Waals surface area contributed by atoms with Crippen molar-refractivity contribution in [1.82, 2.24) is 4.90 Å². The summed E-state index contributed by atoms with van der Waals surface area (Å²) in [6.07, 6.45) is 0. The van der Waals surface area contributed by atoms with E-state index in [0.717, 1.165) is 0 Å². The smallest absolute Gasteiger partial charge is 0.237 e. The van der Waals surface area contributed by atoms with Gasteiger partial charge in [0.15, 0.2) is 0 Å². The van der Waals surface area contributed by atoms with Crippen LogP contribution in [0.4, 0.5) is 0 Å². The summed E-state index contributed by atoms with van der Waals surface area (Å²) < 4.78 is 0. The topological polar surface area (TPSA) is 89.4 Å². The number of nitrogens with zero attached hydrogens (tertiary/aromatic N) is 1. The van der Waals surface area contributed by atoms with Gasteiger partial charge in [0.1, 0.15) is 0 Å². The number of carbonyl (C=O) groups is 2. The van der Waals surface area contributed by atoms with E-state index in [2.05, 4.69) is 0 Å². The van der Waals surface area contributed by atoms with Crippen molar-refractivity contribution in [3.05, 3.63) is 0 Å². The fourth-order valence-corrected chi connectivity index (χ4v) is 0.478. The minimum Gasteiger partial charge on any atom is -0.368 e. The zero-order valence-electron chi connectivity index (χ0n) is 5.83. The maximum absolute atomic E-state index is 10.6. The van der Waals surface area contributed by atoms with Crippen molar-refractivity contribution in [2.75, 3.05) is 20.1 Å². The van der Waals surface area contributed by atoms with Crippen LogP contribution in [-0.4, -0.2) is 36.9 Å². The normalized spacial score (nSPS) is 9.00. The van der Waals surface area contributed by atoms with Crippen molar-refractivity contribution in [1.29, 1.82) is 0 Å². The second-order valence-electron chi connectivity index (χ2n) is 1.92. The molecule has 0 fully saturated rings. The molecule has 5 nitrogen and oxygen atoms in total. The van der Waals surface area contributed by atoms with Gasteiger partial charge in [0.2, 0.25) is 11.8 Å². The Bertz CT molecular complexity index is 146. The number of likely N-dealkylation sites (N-methyl/N-ethyl adjacent to an activating group) is 1. The van der Waals surface area contributed by atoms with Crippen LogP contribution in [0.5, 0.6) is 0 Å². The highest BCUT2D eigenvalue weighted by Crippen LogP contribution is 1.79. The van der Waals surface area contributed by atoms with E-state index >= 15 is 0 Å². The van der Waals surface area contributed by atoms with Gasteiger partial charge in [0.25, 0.3) is 0 Å². The van der Waals surface area contributed by atoms with Gasteiger partial charge in [-0.3, -0.25) is 9.59 Å². The molecule has 0 aromatic carbocycles. The molecule has 0 heterocycles. The maximum Gasteiger partial charge on any atom is 0.237 e. The van der Waals surface area contributed by atoms with Gasteiger partial charge in [-0.1, -0.05) is 0 Å². The molecule has 0 unspecified atom stereocenters. The molecule has 0 aromatic heterocycles. The number of hydrogen-bond acceptors (Lipinski definition) is 3. The Balaban J connectivity index is 3.72. The van der Waals surface area contributed by atoms with Crippen molar-refractivity contribution >= 4 is 11.8 Å². The molecular formula is C5H11N3O2. The molecule has 4 N–H and O–H groups in total. The third-order valence-corrected chi connectivity index (χ3v) is 0.993. The summed E-state index contributed by atoms with van der Waals surface area (Å²) >= 11 is 0. The second-order valence-corrected chi connectivity index (χ2v) is 1.92. The lowest BCUT2D eigenvalue weighted by molar-refractivity contribution is -0.132. The molecule has 0 radical (unpaired) electrons. The summed E-state index contributed by atoms with van der Waals surface area (Å²) in [5.74, 6) is -0.830. The van der Waals surface area contributed by atoms with E-state index in [4.69, 9.17) is 11.5 Å². The first-order valence-corrected chi connectivity index (χ1v) is 2.80. The van der Waals surface area contributed by atoms with Gasteiger partial charge in [-0.25, -0.2) is 0 Å². The molecular weight excluding hydrogens is 134 g/mol. The molecule has 5 heteroatoms. The molecule has 0 atom stereocenters. The van der Waals surface area contributed by atoms with Crippen LogP contribution < -0.4 is 11.5 Å². The Morgan fingerprint density at radius 2 is 2.00 bits per heavy atom. The molecule has 0 aliphatic carbocycles. The summed E-state index contributed by atoms with van der Waals surface area (Å²) in [6.45, 7) is -0.167. The monoisotopic (exact) mass is 145 g/mol. The van der Waals surface area contributed by atoms with Gasteiger partial charge in [0, 0.05) is 7.05 Å². The number of nitrogens with two attached hydrogens (primary N) is 2. The lowest BCUT2D eigenvalue weighted by atomic mass is 10.5. The number of primary amides is 1. The molecule has 0 aliphatic rings. The van der Waals surface area contributed by atoms with Gasteiger partial charge < -0.3 is 16.4 Å². The van der Waals surface area contributed by atoms with E-state index in [1.54, 1.807) is 0 Å². The first-order valence-electron chi connectivity index (χ1n) is 2.80. The summed E-state index contributed by atoms with van der Waals surface area (Å²) in [7, 11) is 1.47. The zero-order valence-corrected chi connectivity index (χ0v) is 5.83. The molecule has 0 bridgehead atoms. The molecule has 0 saturated carbocycles. The van der Waals surface area contributed by atoms with Crippen molar-refractivity contribution in [3.63, 3.8) is 0 Å². The van der Waals surface area contributed by atoms with E-state index in [0.29, 0.717) is 0 Å². The minimum atomic E-state index is -0.538. The Morgan fingerprint density at radius 1 is 1.50 bits per heavy atom. The minimum absolute atomic E-state index is 0.0734. The molecule has 0 aromatic rings. The SMILES string of the molecule is CN(CC(N)=O)C(=O)CN. The van der Waals surface area contributed by atoms with Crippen molar-refractivity contribution in [2.24, 2.45) is 11.5 Å². The second kappa shape index (κ2) is 3.84. The first kappa shape index (κ1) is 8.90. The van der Waals surface area contributed by atoms with Crippen LogP contribution in [0.3, 0.4) is 0 Å². The summed E-state index contributed by atoms with van der Waals surface area (Å²) in [5.41, 5.74) is 9.82. The number of carbonyl (C=O) groups excluding carboxylic acids is 2. The van der Waals surface area contributed by atoms with E-state index in [1.807, 2.05) is 0 Å². The molecule has 10 heavy (non-hydrogen) atoms. The average Bonchev–Trinajstić information content (AvgIpc) is 1.85. The van der Waals surface area contributed by atoms with Crippen LogP contribution in [0.1, 0.15) is 0 Å². The molecule has 0 saturated heterocycles. The first-order chi connectivity index (χ1) is 4.57. The third kappa shape index (κ3) is 3.03. The number of rotatable bonds is 3. The standard InChI is InChI=1S/C5H11N3O2/c1-8(3-4(7)9)5(10)2-6/h2-3,6H2,1H3,(H2,7,9). The van der Waals surface area contributed by atoms with E-state index < -0.39 is 5.91 Å². The Labute approximate surface area is 59.0 Å². The summed E-state index contributed by atoms with van der Waals surface area (Å²) in [5, 5.41) is 0. The van der Waals surface area contributed by atoms with Crippen LogP contribution in [0, 0.1) is 0 Å². The third-order valence-electron chi connectivity index (χ3n) is 0.993. The lowest BCUT2D eigenvalue weighted by Gasteiger charge is -2.12. The molecule has 58 valence electrons. The summed E-state index contributed by atoms with van der Waals surface area (Å²) in [6, 6.07) is 0. The maximum atomic E-state index is 10.6. The van der Waals surface area contributed by atoms with Crippen LogP contribution in [0.2, 0.25) is 0 Å². The van der Waals surface area contributed by atoms with Crippen molar-refractivity contribution in [2.45, 2.75) is 0 Å². The highest BCUT2D eigenvalue weighted by molar-refractivity contribution is 5.84. The lowest BCUT2D eigenvalue weighted by Crippen LogP contribution is -2.38. The van der Waals surface area contributed by atoms with Gasteiger partial charge in [0.05, 0.1) is 13.1 Å². The van der Waals surface area contributed by atoms with Crippen LogP contribution in [-0.2, 0) is 9.59 Å². The predicted molar refractivity (Wildman–Crippen MR) is 35.9 cm³/mol. The van der Waals surface area contributed by atoms with Gasteiger partial charge >= 0.3 is 0 Å². The molecule has 0 spiro atoms. The number of hydrogen-bond donors (Lipinski definition) is 2. The number of amides is 2. The van der Waals surface area contributed by atoms with Crippen LogP contribution >= 0.6 is 0 Å². The van der Waals surface area contributed by atoms with E-state index in [9.17, 15) is 9.59 Å².